The Morgan fingerprint density at radius 1 is 1.14 bits per heavy atom. The third-order valence-corrected chi connectivity index (χ3v) is 3.58. The molecule has 0 saturated carbocycles. The molecular weight excluding hydrogens is 288 g/mol. The molecule has 21 heavy (non-hydrogen) atoms. The van der Waals surface area contributed by atoms with Crippen LogP contribution < -0.4 is 0 Å². The van der Waals surface area contributed by atoms with E-state index in [1.54, 1.807) is 0 Å². The molecule has 0 rings (SSSR count). The summed E-state index contributed by atoms with van der Waals surface area (Å²) in [6.45, 7) is 15.0. The largest absolute Gasteiger partial charge is 0.433 e. The second-order valence-corrected chi connectivity index (χ2v) is 10.2. The van der Waals surface area contributed by atoms with Gasteiger partial charge in [0.25, 0.3) is 0 Å². The van der Waals surface area contributed by atoms with Gasteiger partial charge in [0.05, 0.1) is 6.61 Å². The molecule has 6 heteroatoms. The molecule has 124 valence electrons. The van der Waals surface area contributed by atoms with Gasteiger partial charge < -0.3 is 18.6 Å². The van der Waals surface area contributed by atoms with Crippen LogP contribution in [0.1, 0.15) is 33.1 Å². The van der Waals surface area contributed by atoms with Crippen LogP contribution in [0.3, 0.4) is 0 Å². The highest BCUT2D eigenvalue weighted by Gasteiger charge is 2.17. The third kappa shape index (κ3) is 11.6. The molecule has 0 aromatic heterocycles. The van der Waals surface area contributed by atoms with Crippen molar-refractivity contribution in [1.82, 2.24) is 0 Å². The monoisotopic (exact) mass is 318 g/mol. The highest BCUT2D eigenvalue weighted by atomic mass is 28.4. The lowest BCUT2D eigenvalue weighted by atomic mass is 10.4. The average Bonchev–Trinajstić information content (AvgIpc) is 2.42. The summed E-state index contributed by atoms with van der Waals surface area (Å²) in [5, 5.41) is 0. The van der Waals surface area contributed by atoms with Crippen molar-refractivity contribution < 1.29 is 23.4 Å². The molecule has 0 spiro atoms. The van der Waals surface area contributed by atoms with E-state index < -0.39 is 20.6 Å². The molecule has 0 heterocycles. The quantitative estimate of drug-likeness (QED) is 0.181. The summed E-state index contributed by atoms with van der Waals surface area (Å²) in [5.41, 5.74) is 0. The van der Waals surface area contributed by atoms with Gasteiger partial charge in [0.15, 0.2) is 14.6 Å². The molecule has 0 radical (unpaired) electrons. The zero-order valence-corrected chi connectivity index (χ0v) is 15.0. The van der Waals surface area contributed by atoms with Crippen LogP contribution in [0.25, 0.3) is 0 Å². The van der Waals surface area contributed by atoms with Crippen LogP contribution in [-0.4, -0.2) is 40.1 Å². The van der Waals surface area contributed by atoms with Crippen LogP contribution in [0.2, 0.25) is 19.6 Å². The molecule has 0 amide bonds. The summed E-state index contributed by atoms with van der Waals surface area (Å²) < 4.78 is 22.1. The Hall–Kier alpha value is -0.693. The minimum Gasteiger partial charge on any atom is -0.433 e. The second-order valence-electron chi connectivity index (χ2n) is 5.64. The van der Waals surface area contributed by atoms with E-state index in [9.17, 15) is 4.79 Å². The minimum atomic E-state index is -1.45. The molecule has 2 atom stereocenters. The van der Waals surface area contributed by atoms with Gasteiger partial charge in [-0.15, -0.1) is 0 Å². The Bertz CT molecular complexity index is 301. The zero-order valence-electron chi connectivity index (χ0n) is 14.0. The summed E-state index contributed by atoms with van der Waals surface area (Å²) in [7, 11) is -1.45. The van der Waals surface area contributed by atoms with Crippen molar-refractivity contribution in [1.29, 1.82) is 0 Å². The number of esters is 1. The summed E-state index contributed by atoms with van der Waals surface area (Å²) in [6.07, 6.45) is 2.24. The van der Waals surface area contributed by atoms with Crippen molar-refractivity contribution in [3.05, 3.63) is 12.7 Å². The maximum Gasteiger partial charge on any atom is 0.332 e. The number of hydrogen-bond donors (Lipinski definition) is 0. The third-order valence-electron chi connectivity index (χ3n) is 2.51. The van der Waals surface area contributed by atoms with Gasteiger partial charge in [0.2, 0.25) is 6.29 Å². The molecule has 0 aliphatic heterocycles. The van der Waals surface area contributed by atoms with Crippen molar-refractivity contribution >= 4 is 14.3 Å². The van der Waals surface area contributed by atoms with Crippen LogP contribution in [0, 0.1) is 0 Å². The molecule has 0 aromatic rings. The van der Waals surface area contributed by atoms with E-state index in [1.807, 2.05) is 13.8 Å². The van der Waals surface area contributed by atoms with Crippen molar-refractivity contribution in [2.45, 2.75) is 65.3 Å². The summed E-state index contributed by atoms with van der Waals surface area (Å²) >= 11 is 0. The Balaban J connectivity index is 3.97. The van der Waals surface area contributed by atoms with Crippen molar-refractivity contribution in [3.8, 4) is 0 Å². The van der Waals surface area contributed by atoms with Gasteiger partial charge >= 0.3 is 5.97 Å². The molecule has 0 aromatic carbocycles. The first-order valence-corrected chi connectivity index (χ1v) is 11.0. The fraction of sp³-hybridized carbons (Fsp3) is 0.800. The van der Waals surface area contributed by atoms with E-state index >= 15 is 0 Å². The fourth-order valence-corrected chi connectivity index (χ4v) is 2.22. The Kier molecular flexibility index (Phi) is 10.6. The van der Waals surface area contributed by atoms with Gasteiger partial charge in [-0.2, -0.15) is 0 Å². The molecule has 0 fully saturated rings. The van der Waals surface area contributed by atoms with E-state index in [0.717, 1.165) is 12.5 Å². The van der Waals surface area contributed by atoms with Crippen molar-refractivity contribution in [2.24, 2.45) is 0 Å². The standard InChI is InChI=1S/C15H30O5Si/c1-7-13(16)19-15(9-3)20-14(8-2)17-11-10-12-18-21(4,5)6/h7,14-15H,1,8-12H2,2-6H3. The van der Waals surface area contributed by atoms with Gasteiger partial charge in [-0.1, -0.05) is 20.4 Å². The summed E-state index contributed by atoms with van der Waals surface area (Å²) in [4.78, 5) is 11.2. The SMILES string of the molecule is C=CC(=O)OC(CC)OC(CC)OCCCO[Si](C)(C)C. The van der Waals surface area contributed by atoms with E-state index in [4.69, 9.17) is 18.6 Å². The normalized spacial score (nSPS) is 14.5. The Labute approximate surface area is 129 Å². The molecule has 0 bridgehead atoms. The van der Waals surface area contributed by atoms with Crippen LogP contribution in [0.4, 0.5) is 0 Å². The highest BCUT2D eigenvalue weighted by molar-refractivity contribution is 6.69. The smallest absolute Gasteiger partial charge is 0.332 e. The predicted octanol–water partition coefficient (Wildman–Crippen LogP) is 3.46. The maximum atomic E-state index is 11.2. The highest BCUT2D eigenvalue weighted by Crippen LogP contribution is 2.10. The van der Waals surface area contributed by atoms with Crippen molar-refractivity contribution in [2.75, 3.05) is 13.2 Å². The average molecular weight is 318 g/mol. The van der Waals surface area contributed by atoms with Crippen LogP contribution in [-0.2, 0) is 23.4 Å². The van der Waals surface area contributed by atoms with Gasteiger partial charge in [0.1, 0.15) is 0 Å². The Morgan fingerprint density at radius 2 is 1.76 bits per heavy atom. The Morgan fingerprint density at radius 3 is 2.24 bits per heavy atom. The van der Waals surface area contributed by atoms with Gasteiger partial charge in [-0.25, -0.2) is 4.79 Å². The molecule has 5 nitrogen and oxygen atoms in total. The van der Waals surface area contributed by atoms with Crippen LogP contribution in [0.5, 0.6) is 0 Å². The lowest BCUT2D eigenvalue weighted by Crippen LogP contribution is -2.29. The molecule has 0 aliphatic carbocycles. The summed E-state index contributed by atoms with van der Waals surface area (Å²) in [5.74, 6) is -0.486. The maximum absolute atomic E-state index is 11.2. The van der Waals surface area contributed by atoms with Crippen LogP contribution in [0.15, 0.2) is 12.7 Å². The first-order chi connectivity index (χ1) is 9.82. The van der Waals surface area contributed by atoms with Gasteiger partial charge in [0, 0.05) is 19.1 Å². The number of carbonyl (C=O) groups is 1. The van der Waals surface area contributed by atoms with Gasteiger partial charge in [-0.3, -0.25) is 0 Å². The molecular formula is C15H30O5Si. The topological polar surface area (TPSA) is 54.0 Å². The van der Waals surface area contributed by atoms with E-state index in [1.165, 1.54) is 0 Å². The van der Waals surface area contributed by atoms with E-state index in [-0.39, 0.29) is 6.29 Å². The number of ether oxygens (including phenoxy) is 3. The lowest BCUT2D eigenvalue weighted by molar-refractivity contribution is -0.240. The minimum absolute atomic E-state index is 0.376. The number of carbonyl (C=O) groups excluding carboxylic acids is 1. The number of hydrogen-bond acceptors (Lipinski definition) is 5. The summed E-state index contributed by atoms with van der Waals surface area (Å²) in [6, 6.07) is 0. The van der Waals surface area contributed by atoms with Gasteiger partial charge in [-0.05, 0) is 32.5 Å². The van der Waals surface area contributed by atoms with E-state index in [0.29, 0.717) is 26.1 Å². The lowest BCUT2D eigenvalue weighted by Gasteiger charge is -2.23. The molecule has 0 aliphatic rings. The first kappa shape index (κ1) is 20.3. The molecule has 2 unspecified atom stereocenters. The van der Waals surface area contributed by atoms with Crippen molar-refractivity contribution in [3.63, 3.8) is 0 Å². The van der Waals surface area contributed by atoms with Crippen LogP contribution >= 0.6 is 0 Å². The predicted molar refractivity (Wildman–Crippen MR) is 85.4 cm³/mol. The second kappa shape index (κ2) is 11.0. The van der Waals surface area contributed by atoms with E-state index in [2.05, 4.69) is 26.2 Å². The first-order valence-electron chi connectivity index (χ1n) is 7.56. The fourth-order valence-electron chi connectivity index (χ4n) is 1.46. The molecule has 0 N–H and O–H groups in total. The zero-order chi connectivity index (χ0) is 16.3. The number of rotatable bonds is 12. The molecule has 0 saturated heterocycles.